The van der Waals surface area contributed by atoms with Crippen LogP contribution >= 0.6 is 23.2 Å². The van der Waals surface area contributed by atoms with Crippen LogP contribution in [0.25, 0.3) is 0 Å². The number of hydrogen-bond donors (Lipinski definition) is 2. The van der Waals surface area contributed by atoms with Gasteiger partial charge in [-0.05, 0) is 44.6 Å². The summed E-state index contributed by atoms with van der Waals surface area (Å²) in [5.41, 5.74) is 0. The van der Waals surface area contributed by atoms with Crippen molar-refractivity contribution in [2.45, 2.75) is 12.5 Å². The average Bonchev–Trinajstić information content (AvgIpc) is 2.84. The van der Waals surface area contributed by atoms with E-state index >= 15 is 0 Å². The minimum atomic E-state index is -0.587. The number of likely N-dealkylation sites (tertiary alicyclic amines) is 1. The van der Waals surface area contributed by atoms with Crippen LogP contribution < -0.4 is 10.1 Å². The molecule has 1 aliphatic rings. The van der Waals surface area contributed by atoms with E-state index < -0.39 is 6.10 Å². The molecule has 118 valence electrons. The van der Waals surface area contributed by atoms with Crippen molar-refractivity contribution in [1.82, 2.24) is 10.2 Å². The van der Waals surface area contributed by atoms with Gasteiger partial charge in [-0.3, -0.25) is 0 Å². The molecule has 0 saturated carbocycles. The Morgan fingerprint density at radius 1 is 1.43 bits per heavy atom. The molecule has 2 unspecified atom stereocenters. The van der Waals surface area contributed by atoms with Gasteiger partial charge >= 0.3 is 0 Å². The van der Waals surface area contributed by atoms with Crippen LogP contribution in [0.4, 0.5) is 0 Å². The van der Waals surface area contributed by atoms with Crippen molar-refractivity contribution in [3.05, 3.63) is 28.2 Å². The molecule has 4 nitrogen and oxygen atoms in total. The van der Waals surface area contributed by atoms with Crippen molar-refractivity contribution in [2.24, 2.45) is 5.92 Å². The van der Waals surface area contributed by atoms with Crippen molar-refractivity contribution < 1.29 is 9.84 Å². The van der Waals surface area contributed by atoms with Crippen LogP contribution in [0, 0.1) is 5.92 Å². The zero-order valence-electron chi connectivity index (χ0n) is 12.2. The summed E-state index contributed by atoms with van der Waals surface area (Å²) >= 11 is 12.0. The van der Waals surface area contributed by atoms with E-state index in [1.807, 2.05) is 0 Å². The molecule has 1 heterocycles. The van der Waals surface area contributed by atoms with E-state index in [2.05, 4.69) is 17.3 Å². The molecule has 2 N–H and O–H groups in total. The van der Waals surface area contributed by atoms with Gasteiger partial charge in [-0.25, -0.2) is 0 Å². The molecule has 1 aromatic rings. The number of para-hydroxylation sites is 1. The zero-order valence-corrected chi connectivity index (χ0v) is 13.7. The van der Waals surface area contributed by atoms with Crippen LogP contribution in [0.15, 0.2) is 18.2 Å². The topological polar surface area (TPSA) is 44.7 Å². The van der Waals surface area contributed by atoms with Crippen molar-refractivity contribution in [1.29, 1.82) is 0 Å². The predicted molar refractivity (Wildman–Crippen MR) is 86.4 cm³/mol. The summed E-state index contributed by atoms with van der Waals surface area (Å²) < 4.78 is 5.51. The van der Waals surface area contributed by atoms with E-state index in [-0.39, 0.29) is 6.61 Å². The van der Waals surface area contributed by atoms with Gasteiger partial charge in [-0.2, -0.15) is 0 Å². The highest BCUT2D eigenvalue weighted by Crippen LogP contribution is 2.32. The van der Waals surface area contributed by atoms with Gasteiger partial charge in [0.05, 0.1) is 10.0 Å². The third-order valence-electron chi connectivity index (χ3n) is 3.64. The normalized spacial score (nSPS) is 20.7. The first-order valence-electron chi connectivity index (χ1n) is 7.20. The Morgan fingerprint density at radius 3 is 2.76 bits per heavy atom. The van der Waals surface area contributed by atoms with Gasteiger partial charge in [0.2, 0.25) is 0 Å². The number of benzene rings is 1. The summed E-state index contributed by atoms with van der Waals surface area (Å²) in [6.07, 6.45) is 0.627. The molecule has 0 amide bonds. The van der Waals surface area contributed by atoms with Crippen molar-refractivity contribution >= 4 is 23.2 Å². The number of halogens is 2. The van der Waals surface area contributed by atoms with Crippen LogP contribution in [-0.4, -0.2) is 55.9 Å². The quantitative estimate of drug-likeness (QED) is 0.804. The van der Waals surface area contributed by atoms with E-state index in [0.29, 0.717) is 28.3 Å². The fraction of sp³-hybridized carbons (Fsp3) is 0.600. The van der Waals surface area contributed by atoms with Crippen LogP contribution in [0.2, 0.25) is 10.0 Å². The number of nitrogens with one attached hydrogen (secondary N) is 1. The monoisotopic (exact) mass is 332 g/mol. The molecule has 2 rings (SSSR count). The second kappa shape index (κ2) is 8.20. The lowest BCUT2D eigenvalue weighted by atomic mass is 10.1. The molecule has 6 heteroatoms. The molecule has 0 spiro atoms. The predicted octanol–water partition coefficient (Wildman–Crippen LogP) is 2.27. The second-order valence-electron chi connectivity index (χ2n) is 5.59. The maximum Gasteiger partial charge on any atom is 0.156 e. The third-order valence-corrected chi connectivity index (χ3v) is 4.24. The van der Waals surface area contributed by atoms with Crippen molar-refractivity contribution in [3.8, 4) is 5.75 Å². The van der Waals surface area contributed by atoms with E-state index in [0.717, 1.165) is 19.6 Å². The Kier molecular flexibility index (Phi) is 6.58. The molecule has 2 atom stereocenters. The molecule has 1 aliphatic heterocycles. The molecular formula is C15H22Cl2N2O2. The number of nitrogens with zero attached hydrogens (tertiary/aromatic N) is 1. The summed E-state index contributed by atoms with van der Waals surface area (Å²) in [7, 11) is 2.13. The summed E-state index contributed by atoms with van der Waals surface area (Å²) in [6.45, 7) is 3.87. The lowest BCUT2D eigenvalue weighted by Crippen LogP contribution is -2.34. The fourth-order valence-corrected chi connectivity index (χ4v) is 3.01. The Morgan fingerprint density at radius 2 is 2.14 bits per heavy atom. The molecule has 21 heavy (non-hydrogen) atoms. The lowest BCUT2D eigenvalue weighted by Gasteiger charge is -2.16. The largest absolute Gasteiger partial charge is 0.488 e. The van der Waals surface area contributed by atoms with Gasteiger partial charge in [0, 0.05) is 13.1 Å². The summed E-state index contributed by atoms with van der Waals surface area (Å²) in [4.78, 5) is 2.32. The van der Waals surface area contributed by atoms with Gasteiger partial charge in [0.1, 0.15) is 12.7 Å². The molecular weight excluding hydrogens is 311 g/mol. The molecule has 0 aromatic heterocycles. The van der Waals surface area contributed by atoms with Crippen LogP contribution in [0.3, 0.4) is 0 Å². The Bertz CT molecular complexity index is 439. The fourth-order valence-electron chi connectivity index (χ4n) is 2.51. The van der Waals surface area contributed by atoms with Gasteiger partial charge in [-0.15, -0.1) is 0 Å². The number of hydrogen-bond acceptors (Lipinski definition) is 4. The first-order valence-corrected chi connectivity index (χ1v) is 7.96. The van der Waals surface area contributed by atoms with E-state index in [9.17, 15) is 5.11 Å². The minimum absolute atomic E-state index is 0.168. The molecule has 1 aromatic carbocycles. The number of aliphatic hydroxyl groups excluding tert-OH is 1. The highest BCUT2D eigenvalue weighted by Gasteiger charge is 2.19. The van der Waals surface area contributed by atoms with Gasteiger partial charge in [0.25, 0.3) is 0 Å². The van der Waals surface area contributed by atoms with Crippen LogP contribution in [0.1, 0.15) is 6.42 Å². The van der Waals surface area contributed by atoms with E-state index in [1.54, 1.807) is 18.2 Å². The number of ether oxygens (including phenoxy) is 1. The number of aliphatic hydroxyl groups is 1. The summed E-state index contributed by atoms with van der Waals surface area (Å²) in [5, 5.41) is 14.1. The Hall–Kier alpha value is -0.520. The Balaban J connectivity index is 1.66. The van der Waals surface area contributed by atoms with Gasteiger partial charge in [0.15, 0.2) is 5.75 Å². The standard InChI is InChI=1S/C15H22Cl2N2O2/c1-19-6-5-11(9-19)7-18-8-12(20)10-21-15-13(16)3-2-4-14(15)17/h2-4,11-12,18,20H,5-10H2,1H3. The van der Waals surface area contributed by atoms with Gasteiger partial charge < -0.3 is 20.1 Å². The second-order valence-corrected chi connectivity index (χ2v) is 6.41. The highest BCUT2D eigenvalue weighted by atomic mass is 35.5. The maximum atomic E-state index is 9.93. The first-order chi connectivity index (χ1) is 10.1. The van der Waals surface area contributed by atoms with E-state index in [4.69, 9.17) is 27.9 Å². The maximum absolute atomic E-state index is 9.93. The van der Waals surface area contributed by atoms with E-state index in [1.165, 1.54) is 6.42 Å². The highest BCUT2D eigenvalue weighted by molar-refractivity contribution is 6.37. The third kappa shape index (κ3) is 5.31. The molecule has 0 bridgehead atoms. The lowest BCUT2D eigenvalue weighted by molar-refractivity contribution is 0.105. The average molecular weight is 333 g/mol. The Labute approximate surface area is 136 Å². The molecule has 1 fully saturated rings. The number of rotatable bonds is 7. The minimum Gasteiger partial charge on any atom is -0.488 e. The van der Waals surface area contributed by atoms with Crippen LogP contribution in [0.5, 0.6) is 5.75 Å². The van der Waals surface area contributed by atoms with Crippen LogP contribution in [-0.2, 0) is 0 Å². The first kappa shape index (κ1) is 16.8. The zero-order chi connectivity index (χ0) is 15.2. The summed E-state index contributed by atoms with van der Waals surface area (Å²) in [6, 6.07) is 5.18. The van der Waals surface area contributed by atoms with Crippen molar-refractivity contribution in [3.63, 3.8) is 0 Å². The SMILES string of the molecule is CN1CCC(CNCC(O)COc2c(Cl)cccc2Cl)C1. The molecule has 0 aliphatic carbocycles. The smallest absolute Gasteiger partial charge is 0.156 e. The molecule has 0 radical (unpaired) electrons. The summed E-state index contributed by atoms with van der Waals surface area (Å²) in [5.74, 6) is 1.10. The van der Waals surface area contributed by atoms with Crippen molar-refractivity contribution in [2.75, 3.05) is 39.8 Å². The molecule has 1 saturated heterocycles. The van der Waals surface area contributed by atoms with Gasteiger partial charge in [-0.1, -0.05) is 29.3 Å².